The molecule has 0 aliphatic carbocycles. The Bertz CT molecular complexity index is 2100. The number of tetrazole rings is 2. The van der Waals surface area contributed by atoms with E-state index in [0.29, 0.717) is 38.1 Å². The summed E-state index contributed by atoms with van der Waals surface area (Å²) >= 11 is 2.15. The molecular weight excluding hydrogens is 765 g/mol. The summed E-state index contributed by atoms with van der Waals surface area (Å²) < 4.78 is 30.9. The Morgan fingerprint density at radius 3 is 1.65 bits per heavy atom. The highest BCUT2D eigenvalue weighted by molar-refractivity contribution is 14.1. The fraction of sp³-hybridized carbons (Fsp3) is 0.231. The quantitative estimate of drug-likeness (QED) is 0.111. The predicted octanol–water partition coefficient (Wildman–Crippen LogP) is 2.97. The average molecular weight is 788 g/mol. The Kier molecular flexibility index (Phi) is 9.14. The van der Waals surface area contributed by atoms with Crippen molar-refractivity contribution in [2.75, 3.05) is 14.7 Å². The third-order valence-corrected chi connectivity index (χ3v) is 7.33. The number of aromatic nitrogens is 12. The number of halogens is 3. The maximum atomic E-state index is 14.1. The Morgan fingerprint density at radius 2 is 1.27 bits per heavy atom. The first kappa shape index (κ1) is 32.9. The standard InChI is InChI=1S/C13H11FN8O2.C12H9FN8O2.CH3I/c1-19-17-13(15-18-19)20-5-8-6-21(16-11(8)7-20)12-3-2-9(22(23)24)4-10(12)14;13-9-3-8(21(22)23)1-2-11(9)20-5-7-4-19(6-10(7)16-20)12-14-17-18-15-12;1-2/h2-4,6H,5,7H2,1H3;1-3,5H,4,6H2,(H,14,15,17,18);1H3. The Hall–Kier alpha value is -6.01. The summed E-state index contributed by atoms with van der Waals surface area (Å²) in [6.07, 6.45) is 3.40. The molecule has 0 fully saturated rings. The highest BCUT2D eigenvalue weighted by Crippen LogP contribution is 2.28. The second-order valence-corrected chi connectivity index (χ2v) is 10.4. The molecular formula is C26H23F2IN16O4. The topological polar surface area (TPSA) is 226 Å². The number of anilines is 2. The first-order valence-electron chi connectivity index (χ1n) is 14.0. The van der Waals surface area contributed by atoms with Gasteiger partial charge in [0.1, 0.15) is 11.4 Å². The number of hydrogen-bond acceptors (Lipinski definition) is 14. The van der Waals surface area contributed by atoms with Crippen LogP contribution in [0.2, 0.25) is 0 Å². The predicted molar refractivity (Wildman–Crippen MR) is 173 cm³/mol. The fourth-order valence-corrected chi connectivity index (χ4v) is 5.12. The van der Waals surface area contributed by atoms with Crippen LogP contribution in [0.5, 0.6) is 0 Å². The lowest BCUT2D eigenvalue weighted by Crippen LogP contribution is -2.17. The molecule has 0 bridgehead atoms. The smallest absolute Gasteiger partial charge is 0.272 e. The molecule has 0 unspecified atom stereocenters. The number of hydrogen-bond donors (Lipinski definition) is 1. The summed E-state index contributed by atoms with van der Waals surface area (Å²) in [6, 6.07) is 6.95. The summed E-state index contributed by atoms with van der Waals surface area (Å²) in [5.41, 5.74) is 3.11. The van der Waals surface area contributed by atoms with Crippen molar-refractivity contribution in [3.8, 4) is 11.4 Å². The van der Waals surface area contributed by atoms with E-state index in [0.717, 1.165) is 34.6 Å². The molecule has 0 spiro atoms. The van der Waals surface area contributed by atoms with Crippen molar-refractivity contribution in [3.05, 3.63) is 103 Å². The Labute approximate surface area is 286 Å². The van der Waals surface area contributed by atoms with Gasteiger partial charge in [-0.3, -0.25) is 20.2 Å². The third-order valence-electron chi connectivity index (χ3n) is 7.33. The van der Waals surface area contributed by atoms with Gasteiger partial charge in [-0.15, -0.1) is 10.2 Å². The van der Waals surface area contributed by atoms with Crippen LogP contribution in [0.25, 0.3) is 11.4 Å². The third kappa shape index (κ3) is 6.72. The molecule has 20 nitrogen and oxygen atoms in total. The lowest BCUT2D eigenvalue weighted by molar-refractivity contribution is -0.385. The van der Waals surface area contributed by atoms with Crippen LogP contribution >= 0.6 is 22.6 Å². The van der Waals surface area contributed by atoms with E-state index in [4.69, 9.17) is 0 Å². The molecule has 0 saturated heterocycles. The Balaban J connectivity index is 0.000000162. The van der Waals surface area contributed by atoms with E-state index >= 15 is 0 Å². The van der Waals surface area contributed by atoms with Gasteiger partial charge >= 0.3 is 0 Å². The van der Waals surface area contributed by atoms with Crippen molar-refractivity contribution in [2.45, 2.75) is 26.2 Å². The van der Waals surface area contributed by atoms with Crippen molar-refractivity contribution in [1.82, 2.24) is 60.4 Å². The largest absolute Gasteiger partial charge is 0.328 e. The van der Waals surface area contributed by atoms with Gasteiger partial charge in [-0.2, -0.15) is 20.2 Å². The molecule has 1 N–H and O–H groups in total. The molecule has 0 saturated carbocycles. The van der Waals surface area contributed by atoms with Crippen molar-refractivity contribution in [1.29, 1.82) is 0 Å². The number of nitrogens with one attached hydrogen (secondary N) is 1. The molecule has 0 amide bonds. The van der Waals surface area contributed by atoms with Crippen LogP contribution in [0.15, 0.2) is 48.8 Å². The number of aryl methyl sites for hydroxylation is 1. The molecule has 2 aliphatic heterocycles. The van der Waals surface area contributed by atoms with Crippen molar-refractivity contribution < 1.29 is 18.6 Å². The zero-order valence-electron chi connectivity index (χ0n) is 25.4. The number of benzene rings is 2. The number of nitro groups is 2. The molecule has 4 aromatic heterocycles. The van der Waals surface area contributed by atoms with E-state index in [1.807, 2.05) is 14.7 Å². The zero-order chi connectivity index (χ0) is 34.8. The molecule has 2 aliphatic rings. The van der Waals surface area contributed by atoms with E-state index in [1.54, 1.807) is 19.4 Å². The van der Waals surface area contributed by atoms with Crippen LogP contribution < -0.4 is 9.80 Å². The monoisotopic (exact) mass is 788 g/mol. The van der Waals surface area contributed by atoms with Gasteiger partial charge < -0.3 is 9.80 Å². The normalized spacial score (nSPS) is 12.9. The van der Waals surface area contributed by atoms with E-state index in [1.165, 1.54) is 38.4 Å². The van der Waals surface area contributed by atoms with Gasteiger partial charge in [0.25, 0.3) is 23.3 Å². The van der Waals surface area contributed by atoms with Crippen LogP contribution in [0.4, 0.5) is 32.1 Å². The summed E-state index contributed by atoms with van der Waals surface area (Å²) in [5.74, 6) is -0.423. The fourth-order valence-electron chi connectivity index (χ4n) is 5.12. The van der Waals surface area contributed by atoms with Gasteiger partial charge in [0.2, 0.25) is 0 Å². The molecule has 49 heavy (non-hydrogen) atoms. The lowest BCUT2D eigenvalue weighted by atomic mass is 10.2. The molecule has 0 atom stereocenters. The number of H-pyrrole nitrogens is 1. The molecule has 2 aromatic carbocycles. The lowest BCUT2D eigenvalue weighted by Gasteiger charge is -2.11. The second kappa shape index (κ2) is 13.6. The van der Waals surface area contributed by atoms with E-state index in [9.17, 15) is 29.0 Å². The van der Waals surface area contributed by atoms with Gasteiger partial charge in [-0.25, -0.2) is 18.1 Å². The second-order valence-electron chi connectivity index (χ2n) is 10.4. The summed E-state index contributed by atoms with van der Waals surface area (Å²) in [7, 11) is 1.68. The SMILES string of the molecule is CI.Cn1nnc(N2Cc3cn(-c4ccc([N+](=O)[O-])cc4F)nc3C2)n1.O=[N+]([O-])c1ccc(-n2cc3c(n2)CN(c2nn[nH]n2)C3)c(F)c1. The van der Waals surface area contributed by atoms with Gasteiger partial charge in [-0.1, -0.05) is 32.8 Å². The van der Waals surface area contributed by atoms with E-state index < -0.39 is 21.5 Å². The van der Waals surface area contributed by atoms with Crippen LogP contribution in [-0.4, -0.2) is 75.2 Å². The van der Waals surface area contributed by atoms with E-state index in [2.05, 4.69) is 68.8 Å². The molecule has 8 rings (SSSR count). The maximum absolute atomic E-state index is 14.1. The van der Waals surface area contributed by atoms with Crippen LogP contribution in [-0.2, 0) is 33.2 Å². The molecule has 252 valence electrons. The van der Waals surface area contributed by atoms with Gasteiger partial charge in [0.15, 0.2) is 11.6 Å². The van der Waals surface area contributed by atoms with Gasteiger partial charge in [0.05, 0.1) is 53.5 Å². The number of aromatic amines is 1. The molecule has 6 heterocycles. The minimum Gasteiger partial charge on any atom is -0.328 e. The number of nitro benzene ring substituents is 2. The zero-order valence-corrected chi connectivity index (χ0v) is 27.6. The first-order chi connectivity index (χ1) is 23.6. The van der Waals surface area contributed by atoms with E-state index in [-0.39, 0.29) is 22.7 Å². The van der Waals surface area contributed by atoms with Crippen LogP contribution in [0, 0.1) is 31.9 Å². The molecule has 0 radical (unpaired) electrons. The minimum absolute atomic E-state index is 0.163. The van der Waals surface area contributed by atoms with Crippen molar-refractivity contribution >= 4 is 45.9 Å². The number of non-ortho nitro benzene ring substituents is 2. The number of rotatable bonds is 6. The van der Waals surface area contributed by atoms with Crippen LogP contribution in [0.3, 0.4) is 0 Å². The van der Waals surface area contributed by atoms with Crippen molar-refractivity contribution in [3.63, 3.8) is 0 Å². The molecule has 23 heteroatoms. The average Bonchev–Trinajstić information content (AvgIpc) is 3.91. The summed E-state index contributed by atoms with van der Waals surface area (Å²) in [4.78, 5) is 27.2. The summed E-state index contributed by atoms with van der Waals surface area (Å²) in [6.45, 7) is 2.04. The summed E-state index contributed by atoms with van der Waals surface area (Å²) in [5, 5.41) is 55.6. The minimum atomic E-state index is -0.699. The maximum Gasteiger partial charge on any atom is 0.272 e. The Morgan fingerprint density at radius 1 is 0.755 bits per heavy atom. The first-order valence-corrected chi connectivity index (χ1v) is 16.2. The van der Waals surface area contributed by atoms with Crippen LogP contribution in [0.1, 0.15) is 22.5 Å². The van der Waals surface area contributed by atoms with Crippen molar-refractivity contribution in [2.24, 2.45) is 7.05 Å². The van der Waals surface area contributed by atoms with Gasteiger partial charge in [-0.05, 0) is 27.5 Å². The number of fused-ring (bicyclic) bond motifs is 2. The van der Waals surface area contributed by atoms with Gasteiger partial charge in [0, 0.05) is 48.7 Å². The number of alkyl halides is 1. The highest BCUT2D eigenvalue weighted by atomic mass is 127. The highest BCUT2D eigenvalue weighted by Gasteiger charge is 2.28. The number of nitrogens with zero attached hydrogens (tertiary/aromatic N) is 15. The molecule has 6 aromatic rings.